The molecule has 0 fully saturated rings. The van der Waals surface area contributed by atoms with E-state index in [2.05, 4.69) is 21.9 Å². The molecule has 1 aromatic heterocycles. The van der Waals surface area contributed by atoms with E-state index in [0.717, 1.165) is 6.42 Å². The first-order valence-corrected chi connectivity index (χ1v) is 4.40. The smallest absolute Gasteiger partial charge is 0.0947 e. The fourth-order valence-electron chi connectivity index (χ4n) is 1.18. The summed E-state index contributed by atoms with van der Waals surface area (Å²) in [7, 11) is 0. The van der Waals surface area contributed by atoms with Gasteiger partial charge in [-0.3, -0.25) is 0 Å². The molecule has 2 rings (SSSR count). The normalized spacial score (nSPS) is 23.0. The maximum atomic E-state index is 5.61. The van der Waals surface area contributed by atoms with Crippen molar-refractivity contribution in [1.29, 1.82) is 0 Å². The van der Waals surface area contributed by atoms with Crippen LogP contribution in [0.4, 0.5) is 0 Å². The first-order valence-electron chi connectivity index (χ1n) is 3.46. The second-order valence-electron chi connectivity index (χ2n) is 2.49. The molecule has 58 valence electrons. The third-order valence-electron chi connectivity index (χ3n) is 1.79. The predicted octanol–water partition coefficient (Wildman–Crippen LogP) is 1.35. The minimum absolute atomic E-state index is 0.265. The summed E-state index contributed by atoms with van der Waals surface area (Å²) >= 11 is 1.69. The van der Waals surface area contributed by atoms with Gasteiger partial charge in [-0.1, -0.05) is 0 Å². The van der Waals surface area contributed by atoms with Gasteiger partial charge in [-0.2, -0.15) is 16.4 Å². The maximum absolute atomic E-state index is 5.61. The molecule has 3 nitrogen and oxygen atoms in total. The van der Waals surface area contributed by atoms with Crippen molar-refractivity contribution in [2.24, 2.45) is 10.9 Å². The van der Waals surface area contributed by atoms with E-state index in [1.165, 1.54) is 10.7 Å². The van der Waals surface area contributed by atoms with Crippen LogP contribution in [0.25, 0.3) is 0 Å². The summed E-state index contributed by atoms with van der Waals surface area (Å²) in [5, 5.41) is 9.65. The summed E-state index contributed by atoms with van der Waals surface area (Å²) in [6.45, 7) is 0. The molecular formula is C7H9N3S. The molecular weight excluding hydrogens is 158 g/mol. The summed E-state index contributed by atoms with van der Waals surface area (Å²) in [6.07, 6.45) is 2.77. The SMILES string of the molecule is NN1N=CCC1c1ccsc1. The van der Waals surface area contributed by atoms with Crippen LogP contribution in [0.5, 0.6) is 0 Å². The molecule has 0 aliphatic carbocycles. The van der Waals surface area contributed by atoms with Gasteiger partial charge in [0.1, 0.15) is 0 Å². The van der Waals surface area contributed by atoms with Crippen molar-refractivity contribution in [2.45, 2.75) is 12.5 Å². The van der Waals surface area contributed by atoms with Gasteiger partial charge < -0.3 is 0 Å². The van der Waals surface area contributed by atoms with Crippen molar-refractivity contribution >= 4 is 17.6 Å². The van der Waals surface area contributed by atoms with E-state index in [1.807, 2.05) is 6.21 Å². The monoisotopic (exact) mass is 167 g/mol. The summed E-state index contributed by atoms with van der Waals surface area (Å²) in [4.78, 5) is 0. The number of nitrogens with two attached hydrogens (primary N) is 1. The molecule has 4 heteroatoms. The molecule has 1 atom stereocenters. The van der Waals surface area contributed by atoms with Crippen molar-refractivity contribution in [3.8, 4) is 0 Å². The maximum Gasteiger partial charge on any atom is 0.0947 e. The van der Waals surface area contributed by atoms with Crippen LogP contribution in [0.2, 0.25) is 0 Å². The minimum Gasteiger partial charge on any atom is -0.231 e. The molecule has 0 bridgehead atoms. The predicted molar refractivity (Wildman–Crippen MR) is 46.2 cm³/mol. The van der Waals surface area contributed by atoms with Gasteiger partial charge in [-0.15, -0.1) is 0 Å². The Labute approximate surface area is 69.1 Å². The molecule has 0 amide bonds. The lowest BCUT2D eigenvalue weighted by atomic mass is 10.1. The van der Waals surface area contributed by atoms with Crippen LogP contribution in [0.15, 0.2) is 21.9 Å². The third-order valence-corrected chi connectivity index (χ3v) is 2.49. The van der Waals surface area contributed by atoms with Gasteiger partial charge in [0.2, 0.25) is 0 Å². The van der Waals surface area contributed by atoms with E-state index in [1.54, 1.807) is 11.3 Å². The Morgan fingerprint density at radius 1 is 1.73 bits per heavy atom. The number of hydrazine groups is 1. The van der Waals surface area contributed by atoms with E-state index >= 15 is 0 Å². The quantitative estimate of drug-likeness (QED) is 0.641. The van der Waals surface area contributed by atoms with Crippen LogP contribution in [-0.2, 0) is 0 Å². The lowest BCUT2D eigenvalue weighted by Crippen LogP contribution is -2.25. The second-order valence-corrected chi connectivity index (χ2v) is 3.27. The van der Waals surface area contributed by atoms with Crippen LogP contribution in [0.1, 0.15) is 18.0 Å². The van der Waals surface area contributed by atoms with E-state index in [-0.39, 0.29) is 6.04 Å². The molecule has 0 spiro atoms. The van der Waals surface area contributed by atoms with Crippen LogP contribution >= 0.6 is 11.3 Å². The average Bonchev–Trinajstić information content (AvgIpc) is 2.55. The Hall–Kier alpha value is -0.870. The fraction of sp³-hybridized carbons (Fsp3) is 0.286. The minimum atomic E-state index is 0.265. The van der Waals surface area contributed by atoms with Gasteiger partial charge in [0.15, 0.2) is 0 Å². The largest absolute Gasteiger partial charge is 0.231 e. The molecule has 0 saturated heterocycles. The Morgan fingerprint density at radius 2 is 2.64 bits per heavy atom. The van der Waals surface area contributed by atoms with Gasteiger partial charge in [0.05, 0.1) is 6.04 Å². The average molecular weight is 167 g/mol. The van der Waals surface area contributed by atoms with Crippen molar-refractivity contribution in [3.05, 3.63) is 22.4 Å². The third kappa shape index (κ3) is 1.15. The number of thiophene rings is 1. The van der Waals surface area contributed by atoms with Gasteiger partial charge >= 0.3 is 0 Å². The number of hydrogen-bond donors (Lipinski definition) is 1. The van der Waals surface area contributed by atoms with E-state index in [0.29, 0.717) is 0 Å². The number of hydrazone groups is 1. The van der Waals surface area contributed by atoms with Gasteiger partial charge in [-0.25, -0.2) is 11.0 Å². The van der Waals surface area contributed by atoms with Crippen LogP contribution < -0.4 is 5.84 Å². The molecule has 1 aliphatic heterocycles. The highest BCUT2D eigenvalue weighted by atomic mass is 32.1. The summed E-state index contributed by atoms with van der Waals surface area (Å²) < 4.78 is 0. The van der Waals surface area contributed by atoms with Crippen molar-refractivity contribution < 1.29 is 0 Å². The summed E-state index contributed by atoms with van der Waals surface area (Å²) in [5.74, 6) is 5.61. The lowest BCUT2D eigenvalue weighted by Gasteiger charge is -2.16. The van der Waals surface area contributed by atoms with Crippen molar-refractivity contribution in [2.75, 3.05) is 0 Å². The topological polar surface area (TPSA) is 41.6 Å². The van der Waals surface area contributed by atoms with E-state index < -0.39 is 0 Å². The zero-order valence-electron chi connectivity index (χ0n) is 5.97. The summed E-state index contributed by atoms with van der Waals surface area (Å²) in [5.41, 5.74) is 1.26. The van der Waals surface area contributed by atoms with E-state index in [4.69, 9.17) is 5.84 Å². The molecule has 2 N–H and O–H groups in total. The van der Waals surface area contributed by atoms with Gasteiger partial charge in [-0.05, 0) is 22.4 Å². The standard InChI is InChI=1S/C7H9N3S/c8-10-7(1-3-9-10)6-2-4-11-5-6/h2-5,7H,1,8H2. The van der Waals surface area contributed by atoms with Crippen LogP contribution in [0.3, 0.4) is 0 Å². The second kappa shape index (κ2) is 2.64. The first kappa shape index (κ1) is 6.82. The zero-order chi connectivity index (χ0) is 7.68. The van der Waals surface area contributed by atoms with Crippen LogP contribution in [0, 0.1) is 0 Å². The fourth-order valence-corrected chi connectivity index (χ4v) is 1.89. The van der Waals surface area contributed by atoms with E-state index in [9.17, 15) is 0 Å². The molecule has 2 heterocycles. The molecule has 11 heavy (non-hydrogen) atoms. The number of hydrogen-bond acceptors (Lipinski definition) is 4. The molecule has 1 aliphatic rings. The molecule has 1 aromatic rings. The highest BCUT2D eigenvalue weighted by molar-refractivity contribution is 7.07. The highest BCUT2D eigenvalue weighted by Gasteiger charge is 2.19. The van der Waals surface area contributed by atoms with Crippen molar-refractivity contribution in [1.82, 2.24) is 5.12 Å². The lowest BCUT2D eigenvalue weighted by molar-refractivity contribution is 0.241. The van der Waals surface area contributed by atoms with Gasteiger partial charge in [0.25, 0.3) is 0 Å². The zero-order valence-corrected chi connectivity index (χ0v) is 6.79. The Morgan fingerprint density at radius 3 is 3.18 bits per heavy atom. The molecule has 0 aromatic carbocycles. The molecule has 0 saturated carbocycles. The first-order chi connectivity index (χ1) is 5.38. The Bertz CT molecular complexity index is 255. The Kier molecular flexibility index (Phi) is 1.63. The van der Waals surface area contributed by atoms with Gasteiger partial charge in [0, 0.05) is 12.6 Å². The molecule has 0 radical (unpaired) electrons. The Balaban J connectivity index is 2.19. The summed E-state index contributed by atoms with van der Waals surface area (Å²) in [6, 6.07) is 2.35. The molecule has 1 unspecified atom stereocenters. The highest BCUT2D eigenvalue weighted by Crippen LogP contribution is 2.26. The van der Waals surface area contributed by atoms with Crippen LogP contribution in [-0.4, -0.2) is 11.3 Å². The van der Waals surface area contributed by atoms with Crippen molar-refractivity contribution in [3.63, 3.8) is 0 Å². The number of rotatable bonds is 1. The number of nitrogens with zero attached hydrogens (tertiary/aromatic N) is 2.